The minimum absolute atomic E-state index is 0.299. The van der Waals surface area contributed by atoms with E-state index in [1.54, 1.807) is 47.8 Å². The van der Waals surface area contributed by atoms with E-state index >= 15 is 0 Å². The number of hydrogen-bond donors (Lipinski definition) is 1. The van der Waals surface area contributed by atoms with Gasteiger partial charge in [0, 0.05) is 11.9 Å². The number of rotatable bonds is 6. The Hall–Kier alpha value is -3.52. The molecule has 3 rings (SSSR count). The summed E-state index contributed by atoms with van der Waals surface area (Å²) in [5, 5.41) is 5.73. The molecule has 0 saturated carbocycles. The molecular weight excluding hydrogens is 378 g/mol. The number of nitrogens with one attached hydrogen (secondary N) is 1. The maximum Gasteiger partial charge on any atom is 0.353 e. The summed E-state index contributed by atoms with van der Waals surface area (Å²) >= 11 is 1.30. The summed E-state index contributed by atoms with van der Waals surface area (Å²) in [5.74, 6) is -0.137. The van der Waals surface area contributed by atoms with E-state index < -0.39 is 5.97 Å². The highest BCUT2D eigenvalue weighted by atomic mass is 32.1. The van der Waals surface area contributed by atoms with E-state index in [1.165, 1.54) is 30.9 Å². The zero-order chi connectivity index (χ0) is 19.9. The summed E-state index contributed by atoms with van der Waals surface area (Å²) in [7, 11) is 1.48. The Bertz CT molecular complexity index is 999. The van der Waals surface area contributed by atoms with Crippen molar-refractivity contribution in [3.63, 3.8) is 0 Å². The van der Waals surface area contributed by atoms with Crippen LogP contribution in [0.5, 0.6) is 11.5 Å². The summed E-state index contributed by atoms with van der Waals surface area (Å²) in [6.07, 6.45) is 2.95. The fourth-order valence-electron chi connectivity index (χ4n) is 2.23. The lowest BCUT2D eigenvalue weighted by Gasteiger charge is -2.09. The highest BCUT2D eigenvalue weighted by Gasteiger charge is 2.13. The summed E-state index contributed by atoms with van der Waals surface area (Å²) < 4.78 is 10.7. The summed E-state index contributed by atoms with van der Waals surface area (Å²) in [6.45, 7) is 1.84. The Balaban J connectivity index is 1.66. The number of methoxy groups -OCH3 is 1. The van der Waals surface area contributed by atoms with Crippen LogP contribution in [0.3, 0.4) is 0 Å². The number of carbonyl (C=O) groups excluding carboxylic acids is 2. The molecule has 3 aromatic rings. The molecule has 0 spiro atoms. The zero-order valence-electron chi connectivity index (χ0n) is 15.2. The van der Waals surface area contributed by atoms with Crippen LogP contribution in [0.1, 0.15) is 31.3 Å². The van der Waals surface area contributed by atoms with Crippen LogP contribution in [-0.4, -0.2) is 30.2 Å². The van der Waals surface area contributed by atoms with E-state index in [1.807, 2.05) is 6.92 Å². The second kappa shape index (κ2) is 8.92. The van der Waals surface area contributed by atoms with Gasteiger partial charge < -0.3 is 9.47 Å². The summed E-state index contributed by atoms with van der Waals surface area (Å²) in [4.78, 5) is 28.7. The maximum absolute atomic E-state index is 12.1. The molecule has 0 saturated heterocycles. The van der Waals surface area contributed by atoms with Crippen molar-refractivity contribution in [1.82, 2.24) is 10.4 Å². The molecule has 1 aromatic carbocycles. The third-order valence-corrected chi connectivity index (χ3v) is 4.52. The maximum atomic E-state index is 12.1. The molecule has 0 aliphatic rings. The number of aryl methyl sites for hydroxylation is 1. The number of carbonyl (C=O) groups is 2. The number of aromatic nitrogens is 1. The van der Waals surface area contributed by atoms with Gasteiger partial charge in [-0.05, 0) is 54.3 Å². The standard InChI is InChI=1S/C20H17N3O4S/c1-13-5-7-15(12-21-13)19(24)23-22-11-14-6-8-16(17(10-14)26-2)27-20(25)18-4-3-9-28-18/h3-12H,1-2H3,(H,23,24)/b22-11+. The van der Waals surface area contributed by atoms with Crippen molar-refractivity contribution in [2.24, 2.45) is 5.10 Å². The molecule has 7 nitrogen and oxygen atoms in total. The van der Waals surface area contributed by atoms with E-state index in [4.69, 9.17) is 9.47 Å². The van der Waals surface area contributed by atoms with Crippen molar-refractivity contribution in [2.75, 3.05) is 7.11 Å². The van der Waals surface area contributed by atoms with Crippen LogP contribution < -0.4 is 14.9 Å². The third kappa shape index (κ3) is 4.80. The average Bonchev–Trinajstić information content (AvgIpc) is 3.24. The van der Waals surface area contributed by atoms with Crippen molar-refractivity contribution in [3.8, 4) is 11.5 Å². The van der Waals surface area contributed by atoms with Gasteiger partial charge in [0.2, 0.25) is 0 Å². The lowest BCUT2D eigenvalue weighted by molar-refractivity contribution is 0.0734. The van der Waals surface area contributed by atoms with Gasteiger partial charge in [0.1, 0.15) is 4.88 Å². The number of pyridine rings is 1. The van der Waals surface area contributed by atoms with E-state index in [9.17, 15) is 9.59 Å². The van der Waals surface area contributed by atoms with E-state index in [0.717, 1.165) is 5.69 Å². The van der Waals surface area contributed by atoms with E-state index in [0.29, 0.717) is 27.5 Å². The van der Waals surface area contributed by atoms with Crippen molar-refractivity contribution in [2.45, 2.75) is 6.92 Å². The van der Waals surface area contributed by atoms with Gasteiger partial charge in [0.25, 0.3) is 5.91 Å². The number of thiophene rings is 1. The number of amides is 1. The second-order valence-electron chi connectivity index (χ2n) is 5.66. The Kier molecular flexibility index (Phi) is 6.13. The Morgan fingerprint density at radius 2 is 2.04 bits per heavy atom. The molecule has 1 amide bonds. The van der Waals surface area contributed by atoms with Gasteiger partial charge in [0.15, 0.2) is 11.5 Å². The highest BCUT2D eigenvalue weighted by molar-refractivity contribution is 7.12. The molecule has 1 N–H and O–H groups in total. The third-order valence-electron chi connectivity index (χ3n) is 3.67. The van der Waals surface area contributed by atoms with Gasteiger partial charge in [-0.1, -0.05) is 6.07 Å². The molecule has 0 aliphatic carbocycles. The first kappa shape index (κ1) is 19.2. The molecule has 0 radical (unpaired) electrons. The minimum atomic E-state index is -0.450. The summed E-state index contributed by atoms with van der Waals surface area (Å²) in [6, 6.07) is 11.8. The van der Waals surface area contributed by atoms with Gasteiger partial charge >= 0.3 is 5.97 Å². The average molecular weight is 395 g/mol. The second-order valence-corrected chi connectivity index (χ2v) is 6.61. The van der Waals surface area contributed by atoms with Crippen molar-refractivity contribution < 1.29 is 19.1 Å². The molecule has 0 aliphatic heterocycles. The van der Waals surface area contributed by atoms with Crippen molar-refractivity contribution >= 4 is 29.4 Å². The molecule has 28 heavy (non-hydrogen) atoms. The predicted molar refractivity (Wildman–Crippen MR) is 106 cm³/mol. The van der Waals surface area contributed by atoms with Gasteiger partial charge in [-0.15, -0.1) is 11.3 Å². The molecule has 2 heterocycles. The van der Waals surface area contributed by atoms with E-state index in [-0.39, 0.29) is 5.91 Å². The monoisotopic (exact) mass is 395 g/mol. The first-order valence-corrected chi connectivity index (χ1v) is 9.14. The van der Waals surface area contributed by atoms with Gasteiger partial charge in [-0.2, -0.15) is 5.10 Å². The number of ether oxygens (including phenoxy) is 2. The number of benzene rings is 1. The smallest absolute Gasteiger partial charge is 0.353 e. The molecule has 0 unspecified atom stereocenters. The van der Waals surface area contributed by atoms with E-state index in [2.05, 4.69) is 15.5 Å². The SMILES string of the molecule is COc1cc(/C=N/NC(=O)c2ccc(C)nc2)ccc1OC(=O)c1cccs1. The quantitative estimate of drug-likeness (QED) is 0.299. The Morgan fingerprint density at radius 1 is 1.18 bits per heavy atom. The molecule has 8 heteroatoms. The molecule has 0 fully saturated rings. The van der Waals surface area contributed by atoms with Crippen molar-refractivity contribution in [1.29, 1.82) is 0 Å². The molecule has 0 atom stereocenters. The fraction of sp³-hybridized carbons (Fsp3) is 0.100. The van der Waals surface area contributed by atoms with Gasteiger partial charge in [-0.3, -0.25) is 9.78 Å². The molecule has 142 valence electrons. The first-order valence-electron chi connectivity index (χ1n) is 8.26. The van der Waals surface area contributed by atoms with Crippen LogP contribution in [-0.2, 0) is 0 Å². The number of hydrogen-bond acceptors (Lipinski definition) is 7. The van der Waals surface area contributed by atoms with Gasteiger partial charge in [-0.25, -0.2) is 10.2 Å². The highest BCUT2D eigenvalue weighted by Crippen LogP contribution is 2.28. The Labute approximate surface area is 165 Å². The van der Waals surface area contributed by atoms with Crippen LogP contribution >= 0.6 is 11.3 Å². The zero-order valence-corrected chi connectivity index (χ0v) is 16.0. The predicted octanol–water partition coefficient (Wildman–Crippen LogP) is 3.44. The van der Waals surface area contributed by atoms with Crippen LogP contribution in [0.25, 0.3) is 0 Å². The topological polar surface area (TPSA) is 89.9 Å². The fourth-order valence-corrected chi connectivity index (χ4v) is 2.82. The summed E-state index contributed by atoms with van der Waals surface area (Å²) in [5.41, 5.74) is 4.34. The largest absolute Gasteiger partial charge is 0.493 e. The minimum Gasteiger partial charge on any atom is -0.493 e. The number of nitrogens with zero attached hydrogens (tertiary/aromatic N) is 2. The molecular formula is C20H17N3O4S. The van der Waals surface area contributed by atoms with Crippen LogP contribution in [0, 0.1) is 6.92 Å². The molecule has 0 bridgehead atoms. The molecule has 2 aromatic heterocycles. The lowest BCUT2D eigenvalue weighted by atomic mass is 10.2. The van der Waals surface area contributed by atoms with Crippen LogP contribution in [0.15, 0.2) is 59.1 Å². The number of esters is 1. The lowest BCUT2D eigenvalue weighted by Crippen LogP contribution is -2.17. The van der Waals surface area contributed by atoms with Crippen LogP contribution in [0.2, 0.25) is 0 Å². The van der Waals surface area contributed by atoms with Gasteiger partial charge in [0.05, 0.1) is 18.9 Å². The van der Waals surface area contributed by atoms with Crippen molar-refractivity contribution in [3.05, 3.63) is 75.7 Å². The number of hydrazone groups is 1. The van der Waals surface area contributed by atoms with Crippen LogP contribution in [0.4, 0.5) is 0 Å². The normalized spacial score (nSPS) is 10.6. The Morgan fingerprint density at radius 3 is 2.71 bits per heavy atom. The first-order chi connectivity index (χ1) is 13.6.